The molecule has 0 saturated carbocycles. The van der Waals surface area contributed by atoms with Crippen LogP contribution in [0.2, 0.25) is 0 Å². The second-order valence-corrected chi connectivity index (χ2v) is 14.2. The van der Waals surface area contributed by atoms with E-state index in [1.54, 1.807) is 0 Å². The van der Waals surface area contributed by atoms with Crippen molar-refractivity contribution in [2.45, 2.75) is 0 Å². The SMILES string of the molecule is c1ccc2cc(-c3c4ccccc4c(-c4ccc5c(c4)c4ccccc4n5-c4nc5ccccc5c5nc6ccccc6n45)c4ccccc34)ccc2c1. The normalized spacial score (nSPS) is 12.1. The first-order valence-electron chi connectivity index (χ1n) is 18.4. The Morgan fingerprint density at radius 3 is 1.57 bits per heavy atom. The van der Waals surface area contributed by atoms with Gasteiger partial charge < -0.3 is 0 Å². The Hall–Kier alpha value is -7.30. The van der Waals surface area contributed by atoms with E-state index in [1.807, 2.05) is 6.07 Å². The molecule has 0 amide bonds. The highest BCUT2D eigenvalue weighted by Crippen LogP contribution is 2.45. The number of hydrogen-bond donors (Lipinski definition) is 0. The summed E-state index contributed by atoms with van der Waals surface area (Å²) in [4.78, 5) is 10.5. The van der Waals surface area contributed by atoms with E-state index < -0.39 is 0 Å². The summed E-state index contributed by atoms with van der Waals surface area (Å²) in [5, 5.41) is 10.9. The Bertz CT molecular complexity index is 3460. The average molecular weight is 687 g/mol. The van der Waals surface area contributed by atoms with Crippen molar-refractivity contribution in [3.05, 3.63) is 182 Å². The van der Waals surface area contributed by atoms with Crippen LogP contribution in [0.1, 0.15) is 0 Å². The highest BCUT2D eigenvalue weighted by Gasteiger charge is 2.22. The second-order valence-electron chi connectivity index (χ2n) is 14.2. The third-order valence-corrected chi connectivity index (χ3v) is 11.3. The van der Waals surface area contributed by atoms with Crippen molar-refractivity contribution in [1.29, 1.82) is 0 Å². The first kappa shape index (κ1) is 29.3. The summed E-state index contributed by atoms with van der Waals surface area (Å²) in [6, 6.07) is 65.6. The predicted octanol–water partition coefficient (Wildman–Crippen LogP) is 12.9. The lowest BCUT2D eigenvalue weighted by Crippen LogP contribution is -2.06. The van der Waals surface area contributed by atoms with Gasteiger partial charge in [-0.15, -0.1) is 0 Å². The molecule has 12 rings (SSSR count). The fourth-order valence-corrected chi connectivity index (χ4v) is 8.92. The average Bonchev–Trinajstić information content (AvgIpc) is 3.79. The molecule has 0 aliphatic heterocycles. The number of para-hydroxylation sites is 4. The van der Waals surface area contributed by atoms with Gasteiger partial charge in [0.15, 0.2) is 0 Å². The molecule has 3 heterocycles. The zero-order chi connectivity index (χ0) is 35.3. The summed E-state index contributed by atoms with van der Waals surface area (Å²) >= 11 is 0. The minimum Gasteiger partial charge on any atom is -0.279 e. The van der Waals surface area contributed by atoms with Crippen molar-refractivity contribution < 1.29 is 0 Å². The van der Waals surface area contributed by atoms with Gasteiger partial charge in [0.1, 0.15) is 5.65 Å². The number of imidazole rings is 1. The number of fused-ring (bicyclic) bond motifs is 11. The molecule has 9 aromatic carbocycles. The Morgan fingerprint density at radius 2 is 0.852 bits per heavy atom. The van der Waals surface area contributed by atoms with Crippen molar-refractivity contribution in [1.82, 2.24) is 18.9 Å². The van der Waals surface area contributed by atoms with Gasteiger partial charge in [0.2, 0.25) is 5.95 Å². The monoisotopic (exact) mass is 686 g/mol. The molecule has 0 atom stereocenters. The van der Waals surface area contributed by atoms with E-state index in [-0.39, 0.29) is 0 Å². The first-order chi connectivity index (χ1) is 26.8. The van der Waals surface area contributed by atoms with Crippen LogP contribution in [0.3, 0.4) is 0 Å². The lowest BCUT2D eigenvalue weighted by molar-refractivity contribution is 0.979. The van der Waals surface area contributed by atoms with Crippen LogP contribution in [-0.2, 0) is 0 Å². The Kier molecular flexibility index (Phi) is 6.02. The molecule has 250 valence electrons. The summed E-state index contributed by atoms with van der Waals surface area (Å²) in [5.74, 6) is 0.826. The molecule has 0 fully saturated rings. The van der Waals surface area contributed by atoms with E-state index in [0.717, 1.165) is 44.6 Å². The molecular weight excluding hydrogens is 657 g/mol. The Balaban J connectivity index is 1.16. The van der Waals surface area contributed by atoms with Gasteiger partial charge in [-0.1, -0.05) is 133 Å². The fourth-order valence-electron chi connectivity index (χ4n) is 8.92. The molecule has 0 aliphatic carbocycles. The minimum absolute atomic E-state index is 0.826. The summed E-state index contributed by atoms with van der Waals surface area (Å²) < 4.78 is 4.55. The van der Waals surface area contributed by atoms with Crippen LogP contribution >= 0.6 is 0 Å². The standard InChI is InChI=1S/C50H30N4/c1-2-14-32-29-33(26-25-31(32)13-1)47-36-16-3-5-18-38(36)48(39-19-6-4-17-37(39)47)34-27-28-45-41(30-34)35-15-8-11-23-44(35)53(45)50-52-42-21-9-7-20-40(42)49-51-43-22-10-12-24-46(43)54(49)50/h1-30H. The zero-order valence-electron chi connectivity index (χ0n) is 29.1. The molecule has 0 spiro atoms. The van der Waals surface area contributed by atoms with Crippen LogP contribution in [-0.4, -0.2) is 18.9 Å². The molecule has 0 N–H and O–H groups in total. The maximum absolute atomic E-state index is 5.37. The molecule has 4 heteroatoms. The molecule has 0 radical (unpaired) electrons. The highest BCUT2D eigenvalue weighted by molar-refractivity contribution is 6.22. The number of aromatic nitrogens is 4. The van der Waals surface area contributed by atoms with Gasteiger partial charge in [-0.05, 0) is 103 Å². The van der Waals surface area contributed by atoms with E-state index >= 15 is 0 Å². The van der Waals surface area contributed by atoms with Crippen molar-refractivity contribution in [2.75, 3.05) is 0 Å². The van der Waals surface area contributed by atoms with Crippen LogP contribution in [0.15, 0.2) is 182 Å². The molecule has 0 bridgehead atoms. The van der Waals surface area contributed by atoms with Crippen LogP contribution < -0.4 is 0 Å². The van der Waals surface area contributed by atoms with E-state index in [1.165, 1.54) is 65.3 Å². The molecule has 3 aromatic heterocycles. The van der Waals surface area contributed by atoms with Crippen molar-refractivity contribution in [3.8, 4) is 28.2 Å². The fraction of sp³-hybridized carbons (Fsp3) is 0. The maximum Gasteiger partial charge on any atom is 0.221 e. The molecule has 4 nitrogen and oxygen atoms in total. The largest absolute Gasteiger partial charge is 0.279 e. The van der Waals surface area contributed by atoms with Crippen molar-refractivity contribution in [3.63, 3.8) is 0 Å². The number of rotatable bonds is 3. The Labute approximate surface area is 309 Å². The molecule has 0 saturated heterocycles. The topological polar surface area (TPSA) is 35.1 Å². The van der Waals surface area contributed by atoms with E-state index in [4.69, 9.17) is 9.97 Å². The van der Waals surface area contributed by atoms with Gasteiger partial charge >= 0.3 is 0 Å². The van der Waals surface area contributed by atoms with E-state index in [9.17, 15) is 0 Å². The quantitative estimate of drug-likeness (QED) is 0.173. The smallest absolute Gasteiger partial charge is 0.221 e. The summed E-state index contributed by atoms with van der Waals surface area (Å²) in [6.45, 7) is 0. The second kappa shape index (κ2) is 11.1. The summed E-state index contributed by atoms with van der Waals surface area (Å²) in [7, 11) is 0. The molecule has 0 unspecified atom stereocenters. The van der Waals surface area contributed by atoms with Crippen molar-refractivity contribution in [2.24, 2.45) is 0 Å². The lowest BCUT2D eigenvalue weighted by atomic mass is 9.85. The van der Waals surface area contributed by atoms with Gasteiger partial charge in [-0.3, -0.25) is 8.97 Å². The highest BCUT2D eigenvalue weighted by atomic mass is 15.2. The van der Waals surface area contributed by atoms with E-state index in [0.29, 0.717) is 0 Å². The molecule has 12 aromatic rings. The van der Waals surface area contributed by atoms with Gasteiger partial charge in [0.05, 0.1) is 27.6 Å². The third-order valence-electron chi connectivity index (χ3n) is 11.3. The molecule has 54 heavy (non-hydrogen) atoms. The lowest BCUT2D eigenvalue weighted by Gasteiger charge is -2.18. The first-order valence-corrected chi connectivity index (χ1v) is 18.4. The van der Waals surface area contributed by atoms with Gasteiger partial charge in [-0.2, -0.15) is 0 Å². The van der Waals surface area contributed by atoms with Crippen molar-refractivity contribution >= 4 is 81.7 Å². The molecular formula is C50H30N4. The molecule has 0 aliphatic rings. The third kappa shape index (κ3) is 4.08. The maximum atomic E-state index is 5.37. The summed E-state index contributed by atoms with van der Waals surface area (Å²) in [6.07, 6.45) is 0. The Morgan fingerprint density at radius 1 is 0.333 bits per heavy atom. The zero-order valence-corrected chi connectivity index (χ0v) is 29.1. The van der Waals surface area contributed by atoms with Gasteiger partial charge in [0.25, 0.3) is 0 Å². The minimum atomic E-state index is 0.826. The number of nitrogens with zero attached hydrogens (tertiary/aromatic N) is 4. The van der Waals surface area contributed by atoms with Crippen LogP contribution in [0.25, 0.3) is 110 Å². The predicted molar refractivity (Wildman–Crippen MR) is 226 cm³/mol. The van der Waals surface area contributed by atoms with Crippen LogP contribution in [0.4, 0.5) is 0 Å². The van der Waals surface area contributed by atoms with Gasteiger partial charge in [0, 0.05) is 16.2 Å². The summed E-state index contributed by atoms with van der Waals surface area (Å²) in [5.41, 5.74) is 10.9. The van der Waals surface area contributed by atoms with Gasteiger partial charge in [-0.25, -0.2) is 9.97 Å². The van der Waals surface area contributed by atoms with E-state index in [2.05, 4.69) is 185 Å². The van der Waals surface area contributed by atoms with Crippen LogP contribution in [0, 0.1) is 0 Å². The number of hydrogen-bond acceptors (Lipinski definition) is 2. The number of benzene rings is 9. The van der Waals surface area contributed by atoms with Crippen LogP contribution in [0.5, 0.6) is 0 Å².